The standard InChI is InChI=1S/C10H19N3O/c1-7-5-13(6-8(2)12-7)9(14)10(11)3-4-10/h7-8,12H,3-6,11H2,1-2H3. The third-order valence-corrected chi connectivity index (χ3v) is 3.06. The Morgan fingerprint density at radius 1 is 1.36 bits per heavy atom. The summed E-state index contributed by atoms with van der Waals surface area (Å²) >= 11 is 0. The van der Waals surface area contributed by atoms with Crippen molar-refractivity contribution in [3.05, 3.63) is 0 Å². The van der Waals surface area contributed by atoms with Gasteiger partial charge >= 0.3 is 0 Å². The Morgan fingerprint density at radius 2 is 1.86 bits per heavy atom. The molecule has 0 spiro atoms. The van der Waals surface area contributed by atoms with Crippen LogP contribution in [0.15, 0.2) is 0 Å². The lowest BCUT2D eigenvalue weighted by atomic mass is 10.1. The molecule has 80 valence electrons. The van der Waals surface area contributed by atoms with Crippen LogP contribution in [0.4, 0.5) is 0 Å². The Balaban J connectivity index is 2.00. The summed E-state index contributed by atoms with van der Waals surface area (Å²) in [4.78, 5) is 13.9. The third kappa shape index (κ3) is 1.77. The summed E-state index contributed by atoms with van der Waals surface area (Å²) in [5.74, 6) is 0.151. The predicted octanol–water partition coefficient (Wildman–Crippen LogP) is -0.313. The molecule has 2 rings (SSSR count). The summed E-state index contributed by atoms with van der Waals surface area (Å²) in [5.41, 5.74) is 5.40. The van der Waals surface area contributed by atoms with Crippen LogP contribution in [0, 0.1) is 0 Å². The van der Waals surface area contributed by atoms with Gasteiger partial charge in [0, 0.05) is 25.2 Å². The highest BCUT2D eigenvalue weighted by Crippen LogP contribution is 2.34. The summed E-state index contributed by atoms with van der Waals surface area (Å²) in [6.45, 7) is 5.79. The first kappa shape index (κ1) is 9.93. The molecule has 1 amide bonds. The van der Waals surface area contributed by atoms with Crippen molar-refractivity contribution in [1.82, 2.24) is 10.2 Å². The Morgan fingerprint density at radius 3 is 2.29 bits per heavy atom. The average Bonchev–Trinajstić information content (AvgIpc) is 2.82. The lowest BCUT2D eigenvalue weighted by molar-refractivity contribution is -0.135. The first-order valence-electron chi connectivity index (χ1n) is 5.35. The van der Waals surface area contributed by atoms with Gasteiger partial charge < -0.3 is 16.0 Å². The van der Waals surface area contributed by atoms with Gasteiger partial charge in [0.1, 0.15) is 0 Å². The summed E-state index contributed by atoms with van der Waals surface area (Å²) in [6, 6.07) is 0.759. The van der Waals surface area contributed by atoms with E-state index < -0.39 is 5.54 Å². The maximum absolute atomic E-state index is 11.9. The number of hydrogen-bond acceptors (Lipinski definition) is 3. The highest BCUT2D eigenvalue weighted by Gasteiger charge is 2.48. The molecule has 2 unspecified atom stereocenters. The number of rotatable bonds is 1. The normalized spacial score (nSPS) is 35.5. The van der Waals surface area contributed by atoms with Crippen LogP contribution in [-0.2, 0) is 4.79 Å². The molecule has 1 saturated heterocycles. The second-order valence-electron chi connectivity index (χ2n) is 4.84. The number of amides is 1. The van der Waals surface area contributed by atoms with Gasteiger partial charge in [-0.05, 0) is 26.7 Å². The second-order valence-corrected chi connectivity index (χ2v) is 4.84. The second kappa shape index (κ2) is 3.21. The highest BCUT2D eigenvalue weighted by molar-refractivity contribution is 5.89. The number of nitrogens with one attached hydrogen (secondary N) is 1. The number of nitrogens with two attached hydrogens (primary N) is 1. The van der Waals surface area contributed by atoms with Crippen molar-refractivity contribution in [3.8, 4) is 0 Å². The molecule has 1 heterocycles. The Kier molecular flexibility index (Phi) is 2.27. The fourth-order valence-electron chi connectivity index (χ4n) is 2.16. The van der Waals surface area contributed by atoms with E-state index in [4.69, 9.17) is 5.73 Å². The minimum absolute atomic E-state index is 0.151. The van der Waals surface area contributed by atoms with Crippen LogP contribution >= 0.6 is 0 Å². The SMILES string of the molecule is CC1CN(C(=O)C2(N)CC2)CC(C)N1. The molecule has 0 aromatic carbocycles. The van der Waals surface area contributed by atoms with E-state index in [1.165, 1.54) is 0 Å². The van der Waals surface area contributed by atoms with Crippen LogP contribution in [0.1, 0.15) is 26.7 Å². The average molecular weight is 197 g/mol. The van der Waals surface area contributed by atoms with Gasteiger partial charge in [-0.1, -0.05) is 0 Å². The van der Waals surface area contributed by atoms with Crippen molar-refractivity contribution in [2.45, 2.75) is 44.3 Å². The van der Waals surface area contributed by atoms with E-state index in [0.29, 0.717) is 12.1 Å². The van der Waals surface area contributed by atoms with E-state index in [1.807, 2.05) is 4.90 Å². The summed E-state index contributed by atoms with van der Waals surface area (Å²) in [7, 11) is 0. The Hall–Kier alpha value is -0.610. The molecule has 0 aromatic heterocycles. The molecule has 2 atom stereocenters. The third-order valence-electron chi connectivity index (χ3n) is 3.06. The number of hydrogen-bond donors (Lipinski definition) is 2. The molecule has 4 nitrogen and oxygen atoms in total. The largest absolute Gasteiger partial charge is 0.338 e. The molecule has 4 heteroatoms. The lowest BCUT2D eigenvalue weighted by Gasteiger charge is -2.37. The zero-order valence-electron chi connectivity index (χ0n) is 8.92. The molecule has 0 bridgehead atoms. The molecule has 2 aliphatic rings. The quantitative estimate of drug-likeness (QED) is 0.606. The number of carbonyl (C=O) groups is 1. The summed E-state index contributed by atoms with van der Waals surface area (Å²) in [5, 5.41) is 3.40. The number of nitrogens with zero attached hydrogens (tertiary/aromatic N) is 1. The first-order chi connectivity index (χ1) is 6.51. The van der Waals surface area contributed by atoms with Gasteiger partial charge in [0.25, 0.3) is 0 Å². The van der Waals surface area contributed by atoms with Gasteiger partial charge in [-0.3, -0.25) is 4.79 Å². The van der Waals surface area contributed by atoms with Crippen LogP contribution in [0.5, 0.6) is 0 Å². The fraction of sp³-hybridized carbons (Fsp3) is 0.900. The van der Waals surface area contributed by atoms with Gasteiger partial charge in [-0.15, -0.1) is 0 Å². The van der Waals surface area contributed by atoms with E-state index in [2.05, 4.69) is 19.2 Å². The molecule has 0 radical (unpaired) electrons. The van der Waals surface area contributed by atoms with E-state index in [1.54, 1.807) is 0 Å². The Labute approximate surface area is 84.8 Å². The van der Waals surface area contributed by atoms with Gasteiger partial charge in [0.2, 0.25) is 5.91 Å². The molecular weight excluding hydrogens is 178 g/mol. The molecular formula is C10H19N3O. The summed E-state index contributed by atoms with van der Waals surface area (Å²) in [6.07, 6.45) is 1.72. The number of piperazine rings is 1. The lowest BCUT2D eigenvalue weighted by Crippen LogP contribution is -2.59. The molecule has 1 saturated carbocycles. The Bertz CT molecular complexity index is 240. The monoisotopic (exact) mass is 197 g/mol. The van der Waals surface area contributed by atoms with E-state index >= 15 is 0 Å². The van der Waals surface area contributed by atoms with Crippen molar-refractivity contribution in [2.75, 3.05) is 13.1 Å². The van der Waals surface area contributed by atoms with Crippen LogP contribution in [-0.4, -0.2) is 41.5 Å². The molecule has 2 fully saturated rings. The van der Waals surface area contributed by atoms with E-state index in [9.17, 15) is 4.79 Å². The first-order valence-corrected chi connectivity index (χ1v) is 5.35. The zero-order chi connectivity index (χ0) is 10.3. The molecule has 1 aliphatic heterocycles. The van der Waals surface area contributed by atoms with Crippen LogP contribution in [0.2, 0.25) is 0 Å². The molecule has 14 heavy (non-hydrogen) atoms. The van der Waals surface area contributed by atoms with Gasteiger partial charge in [0.05, 0.1) is 5.54 Å². The van der Waals surface area contributed by atoms with E-state index in [0.717, 1.165) is 25.9 Å². The maximum Gasteiger partial charge on any atom is 0.242 e. The van der Waals surface area contributed by atoms with E-state index in [-0.39, 0.29) is 5.91 Å². The maximum atomic E-state index is 11.9. The topological polar surface area (TPSA) is 58.4 Å². The fourth-order valence-corrected chi connectivity index (χ4v) is 2.16. The van der Waals surface area contributed by atoms with Crippen molar-refractivity contribution in [3.63, 3.8) is 0 Å². The highest BCUT2D eigenvalue weighted by atomic mass is 16.2. The zero-order valence-corrected chi connectivity index (χ0v) is 8.92. The number of carbonyl (C=O) groups excluding carboxylic acids is 1. The van der Waals surface area contributed by atoms with Crippen LogP contribution in [0.3, 0.4) is 0 Å². The van der Waals surface area contributed by atoms with Crippen LogP contribution in [0.25, 0.3) is 0 Å². The van der Waals surface area contributed by atoms with Crippen LogP contribution < -0.4 is 11.1 Å². The van der Waals surface area contributed by atoms with Crippen molar-refractivity contribution >= 4 is 5.91 Å². The van der Waals surface area contributed by atoms with Crippen molar-refractivity contribution in [1.29, 1.82) is 0 Å². The smallest absolute Gasteiger partial charge is 0.242 e. The summed E-state index contributed by atoms with van der Waals surface area (Å²) < 4.78 is 0. The van der Waals surface area contributed by atoms with Crippen molar-refractivity contribution in [2.24, 2.45) is 5.73 Å². The van der Waals surface area contributed by atoms with Crippen molar-refractivity contribution < 1.29 is 4.79 Å². The minimum atomic E-state index is -0.503. The molecule has 1 aliphatic carbocycles. The van der Waals surface area contributed by atoms with Gasteiger partial charge in [-0.2, -0.15) is 0 Å². The molecule has 0 aromatic rings. The van der Waals surface area contributed by atoms with Gasteiger partial charge in [-0.25, -0.2) is 0 Å². The minimum Gasteiger partial charge on any atom is -0.338 e. The predicted molar refractivity (Wildman–Crippen MR) is 54.8 cm³/mol. The van der Waals surface area contributed by atoms with Gasteiger partial charge in [0.15, 0.2) is 0 Å². The molecule has 3 N–H and O–H groups in total.